The van der Waals surface area contributed by atoms with Gasteiger partial charge in [0.15, 0.2) is 0 Å². The van der Waals surface area contributed by atoms with E-state index < -0.39 is 5.97 Å². The summed E-state index contributed by atoms with van der Waals surface area (Å²) < 4.78 is 1.49. The van der Waals surface area contributed by atoms with Crippen molar-refractivity contribution in [3.63, 3.8) is 0 Å². The molecule has 0 aliphatic carbocycles. The van der Waals surface area contributed by atoms with Crippen LogP contribution in [0.5, 0.6) is 0 Å². The van der Waals surface area contributed by atoms with Crippen molar-refractivity contribution in [3.05, 3.63) is 59.1 Å². The minimum atomic E-state index is -1.00. The van der Waals surface area contributed by atoms with Gasteiger partial charge in [-0.25, -0.2) is 4.79 Å². The average Bonchev–Trinajstić information content (AvgIpc) is 3.12. The first-order valence-electron chi connectivity index (χ1n) is 7.83. The molecule has 2 aromatic carbocycles. The molecule has 0 unspecified atom stereocenters. The Balaban J connectivity index is 1.56. The van der Waals surface area contributed by atoms with E-state index in [1.165, 1.54) is 28.6 Å². The number of carbonyl (C=O) groups excluding carboxylic acids is 1. The number of nitrogens with one attached hydrogen (secondary N) is 1. The summed E-state index contributed by atoms with van der Waals surface area (Å²) in [4.78, 5) is 22.9. The number of carboxylic acids is 1. The Labute approximate surface area is 163 Å². The lowest BCUT2D eigenvalue weighted by atomic mass is 10.2. The number of benzene rings is 2. The van der Waals surface area contributed by atoms with E-state index in [2.05, 4.69) is 20.8 Å². The second-order valence-electron chi connectivity index (χ2n) is 5.38. The van der Waals surface area contributed by atoms with E-state index in [0.717, 1.165) is 0 Å². The van der Waals surface area contributed by atoms with Crippen molar-refractivity contribution < 1.29 is 14.7 Å². The van der Waals surface area contributed by atoms with E-state index in [1.54, 1.807) is 36.4 Å². The van der Waals surface area contributed by atoms with Crippen molar-refractivity contribution in [1.82, 2.24) is 20.2 Å². The summed E-state index contributed by atoms with van der Waals surface area (Å²) in [6, 6.07) is 13.1. The van der Waals surface area contributed by atoms with Gasteiger partial charge in [0, 0.05) is 22.9 Å². The molecule has 0 bridgehead atoms. The highest BCUT2D eigenvalue weighted by molar-refractivity contribution is 7.99. The maximum Gasteiger partial charge on any atom is 0.335 e. The first-order valence-corrected chi connectivity index (χ1v) is 9.19. The lowest BCUT2D eigenvalue weighted by Gasteiger charge is -2.06. The molecule has 1 heterocycles. The molecule has 3 rings (SSSR count). The summed E-state index contributed by atoms with van der Waals surface area (Å²) in [6.45, 7) is 0. The van der Waals surface area contributed by atoms with Crippen LogP contribution in [0.15, 0.2) is 53.7 Å². The van der Waals surface area contributed by atoms with Crippen molar-refractivity contribution in [3.8, 4) is 5.69 Å². The van der Waals surface area contributed by atoms with Gasteiger partial charge in [0.25, 0.3) is 0 Å². The number of carboxylic acid groups (broad SMARTS) is 1. The van der Waals surface area contributed by atoms with Crippen LogP contribution in [0.2, 0.25) is 5.02 Å². The van der Waals surface area contributed by atoms with Crippen LogP contribution in [0.25, 0.3) is 5.69 Å². The SMILES string of the molecule is O=C(CCSc1nnnn1-c1ccc(C(=O)O)cc1)Nc1ccc(Cl)cc1. The van der Waals surface area contributed by atoms with Crippen molar-refractivity contribution in [2.24, 2.45) is 0 Å². The maximum absolute atomic E-state index is 12.0. The summed E-state index contributed by atoms with van der Waals surface area (Å²) in [5.41, 5.74) is 1.50. The fraction of sp³-hybridized carbons (Fsp3) is 0.118. The standard InChI is InChI=1S/C17H14ClN5O3S/c18-12-3-5-13(6-4-12)19-15(24)9-10-27-17-20-21-22-23(17)14-7-1-11(2-8-14)16(25)26/h1-8H,9-10H2,(H,19,24)(H,25,26). The third kappa shape index (κ3) is 5.05. The molecule has 27 heavy (non-hydrogen) atoms. The van der Waals surface area contributed by atoms with Gasteiger partial charge in [-0.3, -0.25) is 4.79 Å². The van der Waals surface area contributed by atoms with Crippen LogP contribution < -0.4 is 5.32 Å². The molecule has 0 aliphatic rings. The molecule has 0 saturated heterocycles. The molecule has 0 fully saturated rings. The second-order valence-corrected chi connectivity index (χ2v) is 6.88. The van der Waals surface area contributed by atoms with Crippen LogP contribution in [0, 0.1) is 0 Å². The fourth-order valence-corrected chi connectivity index (χ4v) is 3.12. The predicted octanol–water partition coefficient (Wildman–Crippen LogP) is 3.13. The molecule has 0 atom stereocenters. The zero-order valence-electron chi connectivity index (χ0n) is 13.9. The Morgan fingerprint density at radius 3 is 2.48 bits per heavy atom. The average molecular weight is 404 g/mol. The number of amides is 1. The Kier molecular flexibility index (Phi) is 6.05. The zero-order valence-corrected chi connectivity index (χ0v) is 15.4. The molecule has 8 nitrogen and oxygen atoms in total. The molecule has 3 aromatic rings. The largest absolute Gasteiger partial charge is 0.478 e. The molecule has 1 amide bonds. The number of nitrogens with zero attached hydrogens (tertiary/aromatic N) is 4. The summed E-state index contributed by atoms with van der Waals surface area (Å²) in [7, 11) is 0. The molecule has 2 N–H and O–H groups in total. The topological polar surface area (TPSA) is 110 Å². The summed E-state index contributed by atoms with van der Waals surface area (Å²) in [5.74, 6) is -0.651. The predicted molar refractivity (Wildman–Crippen MR) is 102 cm³/mol. The van der Waals surface area contributed by atoms with Gasteiger partial charge in [0.2, 0.25) is 11.1 Å². The van der Waals surface area contributed by atoms with Crippen LogP contribution in [0.3, 0.4) is 0 Å². The molecule has 10 heteroatoms. The number of tetrazole rings is 1. The monoisotopic (exact) mass is 403 g/mol. The second kappa shape index (κ2) is 8.65. The van der Waals surface area contributed by atoms with Gasteiger partial charge in [-0.1, -0.05) is 23.4 Å². The van der Waals surface area contributed by atoms with Crippen LogP contribution in [0.1, 0.15) is 16.8 Å². The number of thioether (sulfide) groups is 1. The first-order chi connectivity index (χ1) is 13.0. The van der Waals surface area contributed by atoms with E-state index in [9.17, 15) is 9.59 Å². The van der Waals surface area contributed by atoms with E-state index in [4.69, 9.17) is 16.7 Å². The van der Waals surface area contributed by atoms with Gasteiger partial charge in [-0.2, -0.15) is 4.68 Å². The third-order valence-corrected chi connectivity index (χ3v) is 4.66. The Hall–Kier alpha value is -2.91. The molecule has 0 saturated carbocycles. The number of hydrogen-bond donors (Lipinski definition) is 2. The summed E-state index contributed by atoms with van der Waals surface area (Å²) in [6.07, 6.45) is 0.276. The quantitative estimate of drug-likeness (QED) is 0.583. The molecular weight excluding hydrogens is 390 g/mol. The van der Waals surface area contributed by atoms with Gasteiger partial charge < -0.3 is 10.4 Å². The van der Waals surface area contributed by atoms with Gasteiger partial charge in [0.05, 0.1) is 11.3 Å². The Bertz CT molecular complexity index is 944. The molecule has 0 spiro atoms. The van der Waals surface area contributed by atoms with Gasteiger partial charge in [0.1, 0.15) is 0 Å². The lowest BCUT2D eigenvalue weighted by Crippen LogP contribution is -2.12. The highest BCUT2D eigenvalue weighted by Gasteiger charge is 2.11. The summed E-state index contributed by atoms with van der Waals surface area (Å²) in [5, 5.41) is 24.3. The number of aromatic carboxylic acids is 1. The number of halogens is 1. The molecule has 0 aliphatic heterocycles. The molecular formula is C17H14ClN5O3S. The van der Waals surface area contributed by atoms with Gasteiger partial charge in [-0.05, 0) is 59.0 Å². The van der Waals surface area contributed by atoms with Crippen molar-refractivity contribution in [2.45, 2.75) is 11.6 Å². The number of carbonyl (C=O) groups is 2. The minimum Gasteiger partial charge on any atom is -0.478 e. The van der Waals surface area contributed by atoms with Gasteiger partial charge >= 0.3 is 5.97 Å². The minimum absolute atomic E-state index is 0.130. The van der Waals surface area contributed by atoms with E-state index in [1.807, 2.05) is 0 Å². The first kappa shape index (κ1) is 18.9. The van der Waals surface area contributed by atoms with Crippen LogP contribution in [0.4, 0.5) is 5.69 Å². The highest BCUT2D eigenvalue weighted by atomic mass is 35.5. The number of hydrogen-bond acceptors (Lipinski definition) is 6. The molecule has 138 valence electrons. The number of aromatic nitrogens is 4. The van der Waals surface area contributed by atoms with Crippen LogP contribution in [-0.4, -0.2) is 42.9 Å². The summed E-state index contributed by atoms with van der Waals surface area (Å²) >= 11 is 7.14. The van der Waals surface area contributed by atoms with Crippen LogP contribution in [-0.2, 0) is 4.79 Å². The van der Waals surface area contributed by atoms with Crippen molar-refractivity contribution >= 4 is 40.9 Å². The number of anilines is 1. The fourth-order valence-electron chi connectivity index (χ4n) is 2.17. The third-order valence-electron chi connectivity index (χ3n) is 3.49. The Morgan fingerprint density at radius 1 is 1.11 bits per heavy atom. The Morgan fingerprint density at radius 2 is 1.81 bits per heavy atom. The van der Waals surface area contributed by atoms with Gasteiger partial charge in [-0.15, -0.1) is 5.10 Å². The number of rotatable bonds is 7. The molecule has 1 aromatic heterocycles. The molecule has 0 radical (unpaired) electrons. The smallest absolute Gasteiger partial charge is 0.335 e. The van der Waals surface area contributed by atoms with Crippen LogP contribution >= 0.6 is 23.4 Å². The van der Waals surface area contributed by atoms with E-state index >= 15 is 0 Å². The normalized spacial score (nSPS) is 10.6. The van der Waals surface area contributed by atoms with Crippen molar-refractivity contribution in [2.75, 3.05) is 11.1 Å². The zero-order chi connectivity index (χ0) is 19.2. The highest BCUT2D eigenvalue weighted by Crippen LogP contribution is 2.20. The lowest BCUT2D eigenvalue weighted by molar-refractivity contribution is -0.115. The van der Waals surface area contributed by atoms with Crippen molar-refractivity contribution in [1.29, 1.82) is 0 Å². The van der Waals surface area contributed by atoms with E-state index in [-0.39, 0.29) is 17.9 Å². The van der Waals surface area contributed by atoms with E-state index in [0.29, 0.717) is 27.3 Å². The maximum atomic E-state index is 12.0.